The highest BCUT2D eigenvalue weighted by molar-refractivity contribution is 7.80. The number of piperidine rings is 1. The Hall–Kier alpha value is -1.37. The van der Waals surface area contributed by atoms with E-state index in [1.54, 1.807) is 18.2 Å². The van der Waals surface area contributed by atoms with Crippen molar-refractivity contribution in [2.24, 2.45) is 0 Å². The zero-order valence-electron chi connectivity index (χ0n) is 13.5. The van der Waals surface area contributed by atoms with Gasteiger partial charge in [-0.2, -0.15) is 0 Å². The molecule has 0 bridgehead atoms. The first kappa shape index (κ1) is 17.0. The number of thiocarbonyl (C=S) groups is 1. The third-order valence-electron chi connectivity index (χ3n) is 4.03. The summed E-state index contributed by atoms with van der Waals surface area (Å²) in [5.74, 6) is 0.190. The SMILES string of the molecule is CC1(C)CC(NC(=S)Nc2cccc(O)c2)CC(C)(C)N1[O]. The van der Waals surface area contributed by atoms with Gasteiger partial charge in [0.05, 0.1) is 0 Å². The van der Waals surface area contributed by atoms with Gasteiger partial charge in [-0.3, -0.25) is 0 Å². The van der Waals surface area contributed by atoms with Crippen LogP contribution in [0.5, 0.6) is 5.75 Å². The summed E-state index contributed by atoms with van der Waals surface area (Å²) in [5.41, 5.74) is -0.127. The molecule has 22 heavy (non-hydrogen) atoms. The van der Waals surface area contributed by atoms with Gasteiger partial charge >= 0.3 is 0 Å². The number of hydrogen-bond donors (Lipinski definition) is 3. The molecule has 0 atom stereocenters. The second-order valence-corrected chi connectivity index (χ2v) is 7.58. The summed E-state index contributed by atoms with van der Waals surface area (Å²) >= 11 is 5.34. The third kappa shape index (κ3) is 3.88. The lowest BCUT2D eigenvalue weighted by atomic mass is 9.79. The number of benzene rings is 1. The molecule has 0 saturated carbocycles. The quantitative estimate of drug-likeness (QED) is 0.730. The van der Waals surface area contributed by atoms with Crippen LogP contribution in [0.1, 0.15) is 40.5 Å². The van der Waals surface area contributed by atoms with Gasteiger partial charge in [0.15, 0.2) is 5.11 Å². The molecule has 1 radical (unpaired) electrons. The van der Waals surface area contributed by atoms with E-state index in [-0.39, 0.29) is 11.8 Å². The Labute approximate surface area is 137 Å². The average Bonchev–Trinajstić information content (AvgIpc) is 2.34. The van der Waals surface area contributed by atoms with Gasteiger partial charge in [-0.25, -0.2) is 0 Å². The monoisotopic (exact) mass is 322 g/mol. The summed E-state index contributed by atoms with van der Waals surface area (Å²) in [4.78, 5) is 0. The third-order valence-corrected chi connectivity index (χ3v) is 4.25. The van der Waals surface area contributed by atoms with Crippen molar-refractivity contribution in [2.75, 3.05) is 5.32 Å². The first-order chi connectivity index (χ1) is 10.1. The number of rotatable bonds is 2. The number of phenolic OH excluding ortho intramolecular Hbond substituents is 1. The molecule has 1 fully saturated rings. The van der Waals surface area contributed by atoms with Crippen molar-refractivity contribution in [3.05, 3.63) is 24.3 Å². The number of anilines is 1. The van der Waals surface area contributed by atoms with E-state index in [1.807, 2.05) is 33.8 Å². The van der Waals surface area contributed by atoms with E-state index in [1.165, 1.54) is 5.06 Å². The van der Waals surface area contributed by atoms with Crippen LogP contribution in [0.15, 0.2) is 24.3 Å². The molecule has 1 saturated heterocycles. The van der Waals surface area contributed by atoms with Crippen LogP contribution in [0.25, 0.3) is 0 Å². The molecule has 1 aromatic rings. The molecule has 1 aliphatic rings. The Morgan fingerprint density at radius 1 is 1.27 bits per heavy atom. The lowest BCUT2D eigenvalue weighted by Gasteiger charge is -2.50. The number of phenols is 1. The average molecular weight is 322 g/mol. The van der Waals surface area contributed by atoms with Crippen LogP contribution >= 0.6 is 12.2 Å². The molecule has 121 valence electrons. The summed E-state index contributed by atoms with van der Waals surface area (Å²) in [6.45, 7) is 7.84. The Balaban J connectivity index is 2.00. The number of nitrogens with zero attached hydrogens (tertiary/aromatic N) is 1. The van der Waals surface area contributed by atoms with Crippen LogP contribution in [-0.2, 0) is 5.21 Å². The van der Waals surface area contributed by atoms with Crippen molar-refractivity contribution in [2.45, 2.75) is 57.7 Å². The maximum atomic E-state index is 12.3. The highest BCUT2D eigenvalue weighted by atomic mass is 32.1. The number of hydrogen-bond acceptors (Lipinski definition) is 3. The van der Waals surface area contributed by atoms with Gasteiger partial charge in [-0.15, -0.1) is 10.3 Å². The molecule has 0 spiro atoms. The van der Waals surface area contributed by atoms with Gasteiger partial charge in [0.25, 0.3) is 0 Å². The first-order valence-corrected chi connectivity index (χ1v) is 7.85. The summed E-state index contributed by atoms with van der Waals surface area (Å²) in [6.07, 6.45) is 1.45. The van der Waals surface area contributed by atoms with E-state index in [0.29, 0.717) is 5.11 Å². The highest BCUT2D eigenvalue weighted by Crippen LogP contribution is 2.37. The largest absolute Gasteiger partial charge is 0.508 e. The minimum atomic E-state index is -0.431. The summed E-state index contributed by atoms with van der Waals surface area (Å²) < 4.78 is 0. The molecule has 0 unspecified atom stereocenters. The molecule has 2 rings (SSSR count). The zero-order valence-corrected chi connectivity index (χ0v) is 14.3. The smallest absolute Gasteiger partial charge is 0.170 e. The van der Waals surface area contributed by atoms with Gasteiger partial charge in [0.1, 0.15) is 5.75 Å². The fraction of sp³-hybridized carbons (Fsp3) is 0.562. The lowest BCUT2D eigenvalue weighted by molar-refractivity contribution is -0.289. The lowest BCUT2D eigenvalue weighted by Crippen LogP contribution is -2.62. The normalized spacial score (nSPS) is 21.3. The van der Waals surface area contributed by atoms with E-state index >= 15 is 0 Å². The van der Waals surface area contributed by atoms with Crippen LogP contribution in [0.4, 0.5) is 5.69 Å². The number of nitrogens with one attached hydrogen (secondary N) is 2. The van der Waals surface area contributed by atoms with E-state index < -0.39 is 11.1 Å². The van der Waals surface area contributed by atoms with Gasteiger partial charge in [-0.05, 0) is 64.9 Å². The number of hydroxylamine groups is 2. The molecule has 6 heteroatoms. The van der Waals surface area contributed by atoms with Crippen LogP contribution in [0.3, 0.4) is 0 Å². The van der Waals surface area contributed by atoms with Crippen LogP contribution in [-0.4, -0.2) is 32.4 Å². The maximum absolute atomic E-state index is 12.3. The van der Waals surface area contributed by atoms with E-state index in [2.05, 4.69) is 10.6 Å². The van der Waals surface area contributed by atoms with E-state index in [9.17, 15) is 10.3 Å². The first-order valence-electron chi connectivity index (χ1n) is 7.44. The van der Waals surface area contributed by atoms with Crippen molar-refractivity contribution in [3.63, 3.8) is 0 Å². The van der Waals surface area contributed by atoms with Gasteiger partial charge < -0.3 is 15.7 Å². The summed E-state index contributed by atoms with van der Waals surface area (Å²) in [6, 6.07) is 6.94. The van der Waals surface area contributed by atoms with E-state index in [4.69, 9.17) is 12.2 Å². The zero-order chi connectivity index (χ0) is 16.5. The van der Waals surface area contributed by atoms with Gasteiger partial charge in [0.2, 0.25) is 0 Å². The second-order valence-electron chi connectivity index (χ2n) is 7.17. The summed E-state index contributed by atoms with van der Waals surface area (Å²) in [7, 11) is 0. The van der Waals surface area contributed by atoms with Crippen molar-refractivity contribution in [1.82, 2.24) is 10.4 Å². The Kier molecular flexibility index (Phi) is 4.65. The molecule has 3 N–H and O–H groups in total. The summed E-state index contributed by atoms with van der Waals surface area (Å²) in [5, 5.41) is 29.9. The minimum absolute atomic E-state index is 0.132. The van der Waals surface area contributed by atoms with Crippen LogP contribution < -0.4 is 10.6 Å². The predicted molar refractivity (Wildman–Crippen MR) is 91.2 cm³/mol. The molecule has 1 aromatic carbocycles. The fourth-order valence-electron chi connectivity index (χ4n) is 3.30. The minimum Gasteiger partial charge on any atom is -0.508 e. The van der Waals surface area contributed by atoms with Crippen LogP contribution in [0.2, 0.25) is 0 Å². The van der Waals surface area contributed by atoms with Crippen molar-refractivity contribution < 1.29 is 10.3 Å². The van der Waals surface area contributed by atoms with Crippen molar-refractivity contribution in [3.8, 4) is 5.75 Å². The Morgan fingerprint density at radius 2 is 1.86 bits per heavy atom. The molecule has 5 nitrogen and oxygen atoms in total. The second kappa shape index (κ2) is 6.02. The Bertz CT molecular complexity index is 542. The van der Waals surface area contributed by atoms with Crippen molar-refractivity contribution >= 4 is 23.0 Å². The van der Waals surface area contributed by atoms with E-state index in [0.717, 1.165) is 18.5 Å². The standard InChI is InChI=1S/C16H24N3O2S/c1-15(2)9-12(10-16(3,4)19(15)21)18-14(22)17-11-6-5-7-13(20)8-11/h5-8,12,20H,9-10H2,1-4H3,(H2,17,18,22). The highest BCUT2D eigenvalue weighted by Gasteiger charge is 2.46. The molecule has 1 heterocycles. The number of aromatic hydroxyl groups is 1. The van der Waals surface area contributed by atoms with Crippen LogP contribution in [0, 0.1) is 0 Å². The molecule has 0 amide bonds. The topological polar surface area (TPSA) is 67.4 Å². The maximum Gasteiger partial charge on any atom is 0.170 e. The Morgan fingerprint density at radius 3 is 2.41 bits per heavy atom. The van der Waals surface area contributed by atoms with Gasteiger partial charge in [0, 0.05) is 28.9 Å². The predicted octanol–water partition coefficient (Wildman–Crippen LogP) is 3.05. The van der Waals surface area contributed by atoms with Crippen molar-refractivity contribution in [1.29, 1.82) is 0 Å². The molecule has 0 aliphatic carbocycles. The molecule has 1 aliphatic heterocycles. The molecular weight excluding hydrogens is 298 g/mol. The molecular formula is C16H24N3O2S. The van der Waals surface area contributed by atoms with Gasteiger partial charge in [-0.1, -0.05) is 6.07 Å². The fourth-order valence-corrected chi connectivity index (χ4v) is 3.59. The molecule has 0 aromatic heterocycles.